The number of hydrogen-bond acceptors (Lipinski definition) is 2. The number of para-hydroxylation sites is 1. The van der Waals surface area contributed by atoms with Crippen LogP contribution in [-0.4, -0.2) is 14.9 Å². The topological polar surface area (TPSA) is 38.0 Å². The number of aromatic nitrogens is 2. The first-order valence-corrected chi connectivity index (χ1v) is 7.53. The highest BCUT2D eigenvalue weighted by Gasteiger charge is 2.13. The van der Waals surface area contributed by atoms with Crippen LogP contribution in [0, 0.1) is 6.92 Å². The number of rotatable bonds is 4. The van der Waals surface area contributed by atoms with Crippen molar-refractivity contribution in [3.8, 4) is 17.0 Å². The van der Waals surface area contributed by atoms with Crippen LogP contribution in [0.3, 0.4) is 0 Å². The molecule has 1 heterocycles. The molecule has 3 aromatic rings. The van der Waals surface area contributed by atoms with Gasteiger partial charge in [0.05, 0.1) is 11.7 Å². The van der Waals surface area contributed by atoms with E-state index in [0.717, 1.165) is 28.8 Å². The second kappa shape index (κ2) is 6.06. The molecule has 3 rings (SSSR count). The van der Waals surface area contributed by atoms with E-state index >= 15 is 0 Å². The molecule has 0 aliphatic rings. The van der Waals surface area contributed by atoms with Gasteiger partial charge >= 0.3 is 0 Å². The molecular weight excluding hydrogens is 272 g/mol. The maximum Gasteiger partial charge on any atom is 0.118 e. The molecule has 3 heteroatoms. The van der Waals surface area contributed by atoms with E-state index in [1.807, 2.05) is 41.1 Å². The molecular formula is C19H20N2O. The van der Waals surface area contributed by atoms with Gasteiger partial charge in [-0.15, -0.1) is 0 Å². The quantitative estimate of drug-likeness (QED) is 0.775. The van der Waals surface area contributed by atoms with Crippen LogP contribution in [0.1, 0.15) is 24.1 Å². The van der Waals surface area contributed by atoms with Crippen molar-refractivity contribution in [3.05, 3.63) is 71.9 Å². The Kier molecular flexibility index (Phi) is 3.96. The van der Waals surface area contributed by atoms with E-state index in [9.17, 15) is 5.11 Å². The van der Waals surface area contributed by atoms with Gasteiger partial charge in [0, 0.05) is 11.8 Å². The van der Waals surface area contributed by atoms with Crippen LogP contribution >= 0.6 is 0 Å². The highest BCUT2D eigenvalue weighted by atomic mass is 16.3. The van der Waals surface area contributed by atoms with Gasteiger partial charge in [-0.2, -0.15) is 5.10 Å². The number of phenols is 1. The lowest BCUT2D eigenvalue weighted by Gasteiger charge is -2.13. The first kappa shape index (κ1) is 14.4. The van der Waals surface area contributed by atoms with Gasteiger partial charge in [0.1, 0.15) is 5.75 Å². The lowest BCUT2D eigenvalue weighted by Crippen LogP contribution is -2.09. The highest BCUT2D eigenvalue weighted by Crippen LogP contribution is 2.25. The van der Waals surface area contributed by atoms with Crippen LogP contribution in [-0.2, 0) is 6.42 Å². The average Bonchev–Trinajstić information content (AvgIpc) is 2.92. The zero-order chi connectivity index (χ0) is 15.5. The summed E-state index contributed by atoms with van der Waals surface area (Å²) >= 11 is 0. The Bertz CT molecular complexity index is 762. The summed E-state index contributed by atoms with van der Waals surface area (Å²) in [5, 5.41) is 14.7. The van der Waals surface area contributed by atoms with Crippen molar-refractivity contribution >= 4 is 0 Å². The van der Waals surface area contributed by atoms with Gasteiger partial charge in [-0.05, 0) is 37.5 Å². The lowest BCUT2D eigenvalue weighted by atomic mass is 10.1. The minimum Gasteiger partial charge on any atom is -0.508 e. The Balaban J connectivity index is 1.85. The summed E-state index contributed by atoms with van der Waals surface area (Å²) in [6.45, 7) is 4.20. The summed E-state index contributed by atoms with van der Waals surface area (Å²) in [7, 11) is 0. The summed E-state index contributed by atoms with van der Waals surface area (Å²) in [5.74, 6) is 0.349. The first-order chi connectivity index (χ1) is 10.6. The standard InChI is InChI=1S/C19H20N2O/c1-14-13-21(20-19(14)16-8-4-3-5-9-16)15(2)12-17-10-6-7-11-18(17)22/h3-11,13,15,22H,12H2,1-2H3. The molecule has 0 amide bonds. The van der Waals surface area contributed by atoms with Crippen LogP contribution in [0.2, 0.25) is 0 Å². The van der Waals surface area contributed by atoms with Crippen molar-refractivity contribution in [2.24, 2.45) is 0 Å². The second-order valence-corrected chi connectivity index (χ2v) is 5.69. The Labute approximate surface area is 130 Å². The predicted octanol–water partition coefficient (Wildman–Crippen LogP) is 4.37. The third kappa shape index (κ3) is 2.89. The van der Waals surface area contributed by atoms with Gasteiger partial charge in [0.2, 0.25) is 0 Å². The van der Waals surface area contributed by atoms with Crippen molar-refractivity contribution in [1.29, 1.82) is 0 Å². The number of aryl methyl sites for hydroxylation is 1. The smallest absolute Gasteiger partial charge is 0.118 e. The molecule has 0 saturated carbocycles. The van der Waals surface area contributed by atoms with E-state index in [4.69, 9.17) is 5.10 Å². The van der Waals surface area contributed by atoms with E-state index < -0.39 is 0 Å². The highest BCUT2D eigenvalue weighted by molar-refractivity contribution is 5.62. The Hall–Kier alpha value is -2.55. The van der Waals surface area contributed by atoms with Crippen molar-refractivity contribution in [1.82, 2.24) is 9.78 Å². The summed E-state index contributed by atoms with van der Waals surface area (Å²) in [5.41, 5.74) is 4.26. The molecule has 1 unspecified atom stereocenters. The molecule has 0 aliphatic heterocycles. The Morgan fingerprint density at radius 1 is 1.05 bits per heavy atom. The summed E-state index contributed by atoms with van der Waals surface area (Å²) < 4.78 is 1.99. The lowest BCUT2D eigenvalue weighted by molar-refractivity contribution is 0.446. The van der Waals surface area contributed by atoms with Crippen molar-refractivity contribution in [2.45, 2.75) is 26.3 Å². The number of aromatic hydroxyl groups is 1. The SMILES string of the molecule is Cc1cn(C(C)Cc2ccccc2O)nc1-c1ccccc1. The molecule has 1 atom stereocenters. The van der Waals surface area contributed by atoms with Gasteiger partial charge in [-0.25, -0.2) is 0 Å². The summed E-state index contributed by atoms with van der Waals surface area (Å²) in [6, 6.07) is 17.9. The molecule has 112 valence electrons. The molecule has 0 aliphatic carbocycles. The van der Waals surface area contributed by atoms with E-state index in [2.05, 4.69) is 32.2 Å². The van der Waals surface area contributed by atoms with Gasteiger partial charge in [-0.3, -0.25) is 4.68 Å². The molecule has 0 fully saturated rings. The fourth-order valence-corrected chi connectivity index (χ4v) is 2.69. The molecule has 2 aromatic carbocycles. The van der Waals surface area contributed by atoms with Crippen LogP contribution < -0.4 is 0 Å². The molecule has 0 radical (unpaired) electrons. The van der Waals surface area contributed by atoms with Gasteiger partial charge in [-0.1, -0.05) is 48.5 Å². The summed E-state index contributed by atoms with van der Waals surface area (Å²) in [6.07, 6.45) is 2.83. The van der Waals surface area contributed by atoms with E-state index in [0.29, 0.717) is 5.75 Å². The third-order valence-corrected chi connectivity index (χ3v) is 3.92. The van der Waals surface area contributed by atoms with E-state index in [1.165, 1.54) is 0 Å². The van der Waals surface area contributed by atoms with E-state index in [1.54, 1.807) is 6.07 Å². The second-order valence-electron chi connectivity index (χ2n) is 5.69. The van der Waals surface area contributed by atoms with Gasteiger partial charge in [0.25, 0.3) is 0 Å². The average molecular weight is 292 g/mol. The van der Waals surface area contributed by atoms with Gasteiger partial charge < -0.3 is 5.11 Å². The maximum absolute atomic E-state index is 9.91. The zero-order valence-corrected chi connectivity index (χ0v) is 12.9. The van der Waals surface area contributed by atoms with Crippen molar-refractivity contribution in [2.75, 3.05) is 0 Å². The van der Waals surface area contributed by atoms with Gasteiger partial charge in [0.15, 0.2) is 0 Å². The van der Waals surface area contributed by atoms with Crippen LogP contribution in [0.5, 0.6) is 5.75 Å². The maximum atomic E-state index is 9.91. The number of nitrogens with zero attached hydrogens (tertiary/aromatic N) is 2. The van der Waals surface area contributed by atoms with Crippen LogP contribution in [0.15, 0.2) is 60.8 Å². The fourth-order valence-electron chi connectivity index (χ4n) is 2.69. The molecule has 1 N–H and O–H groups in total. The molecule has 0 spiro atoms. The fraction of sp³-hybridized carbons (Fsp3) is 0.211. The molecule has 3 nitrogen and oxygen atoms in total. The van der Waals surface area contributed by atoms with Crippen molar-refractivity contribution in [3.63, 3.8) is 0 Å². The van der Waals surface area contributed by atoms with Crippen LogP contribution in [0.25, 0.3) is 11.3 Å². The monoisotopic (exact) mass is 292 g/mol. The number of phenolic OH excluding ortho intramolecular Hbond substituents is 1. The summed E-state index contributed by atoms with van der Waals surface area (Å²) in [4.78, 5) is 0. The minimum atomic E-state index is 0.185. The Morgan fingerprint density at radius 2 is 1.73 bits per heavy atom. The van der Waals surface area contributed by atoms with Crippen LogP contribution in [0.4, 0.5) is 0 Å². The van der Waals surface area contributed by atoms with Crippen molar-refractivity contribution < 1.29 is 5.11 Å². The van der Waals surface area contributed by atoms with E-state index in [-0.39, 0.29) is 6.04 Å². The molecule has 0 saturated heterocycles. The molecule has 1 aromatic heterocycles. The molecule has 22 heavy (non-hydrogen) atoms. The first-order valence-electron chi connectivity index (χ1n) is 7.53. The minimum absolute atomic E-state index is 0.185. The Morgan fingerprint density at radius 3 is 2.45 bits per heavy atom. The normalized spacial score (nSPS) is 12.3. The third-order valence-electron chi connectivity index (χ3n) is 3.92. The number of hydrogen-bond donors (Lipinski definition) is 1. The largest absolute Gasteiger partial charge is 0.508 e. The molecule has 0 bridgehead atoms. The number of benzene rings is 2. The zero-order valence-electron chi connectivity index (χ0n) is 12.9. The predicted molar refractivity (Wildman–Crippen MR) is 88.9 cm³/mol.